The highest BCUT2D eigenvalue weighted by Crippen LogP contribution is 2.18. The van der Waals surface area contributed by atoms with Gasteiger partial charge in [-0.1, -0.05) is 17.3 Å². The Bertz CT molecular complexity index is 492. The Balaban J connectivity index is 2.72. The van der Waals surface area contributed by atoms with E-state index in [2.05, 4.69) is 10.5 Å². The van der Waals surface area contributed by atoms with Crippen molar-refractivity contribution in [1.29, 1.82) is 0 Å². The smallest absolute Gasteiger partial charge is 0.407 e. The molecule has 20 heavy (non-hydrogen) atoms. The molecule has 0 atom stereocenters. The number of methoxy groups -OCH3 is 1. The molecule has 0 bridgehead atoms. The van der Waals surface area contributed by atoms with Gasteiger partial charge in [-0.25, -0.2) is 4.79 Å². The van der Waals surface area contributed by atoms with Crippen molar-refractivity contribution < 1.29 is 19.5 Å². The zero-order valence-electron chi connectivity index (χ0n) is 12.1. The second-order valence-electron chi connectivity index (χ2n) is 5.10. The number of amides is 1. The summed E-state index contributed by atoms with van der Waals surface area (Å²) in [6.45, 7) is 5.35. The second kappa shape index (κ2) is 6.79. The summed E-state index contributed by atoms with van der Waals surface area (Å²) in [5.41, 5.74) is 0.312. The van der Waals surface area contributed by atoms with Crippen molar-refractivity contribution in [2.45, 2.75) is 26.4 Å². The summed E-state index contributed by atoms with van der Waals surface area (Å²) < 4.78 is 10.3. The lowest BCUT2D eigenvalue weighted by Gasteiger charge is -2.20. The maximum Gasteiger partial charge on any atom is 0.407 e. The van der Waals surface area contributed by atoms with Gasteiger partial charge in [-0.2, -0.15) is 0 Å². The summed E-state index contributed by atoms with van der Waals surface area (Å²) in [7, 11) is 1.52. The summed E-state index contributed by atoms with van der Waals surface area (Å²) in [5.74, 6) is 0.561. The van der Waals surface area contributed by atoms with Gasteiger partial charge in [0.05, 0.1) is 13.7 Å². The molecule has 1 amide bonds. The Morgan fingerprint density at radius 2 is 2.00 bits per heavy atom. The minimum absolute atomic E-state index is 0.0335. The monoisotopic (exact) mass is 280 g/mol. The number of nitrogens with one attached hydrogen (secondary N) is 1. The minimum Gasteiger partial charge on any atom is -0.496 e. The van der Waals surface area contributed by atoms with E-state index in [1.807, 2.05) is 0 Å². The number of ether oxygens (including phenoxy) is 2. The number of rotatable bonds is 4. The number of hydrogen-bond acceptors (Lipinski definition) is 5. The van der Waals surface area contributed by atoms with Crippen molar-refractivity contribution in [2.75, 3.05) is 13.7 Å². The third-order valence-corrected chi connectivity index (χ3v) is 2.34. The Kier molecular flexibility index (Phi) is 5.37. The first-order chi connectivity index (χ1) is 9.37. The van der Waals surface area contributed by atoms with Crippen LogP contribution < -0.4 is 10.1 Å². The maximum absolute atomic E-state index is 11.6. The molecule has 0 aliphatic carbocycles. The lowest BCUT2D eigenvalue weighted by atomic mass is 10.1. The van der Waals surface area contributed by atoms with Gasteiger partial charge in [0.1, 0.15) is 17.1 Å². The lowest BCUT2D eigenvalue weighted by Crippen LogP contribution is -2.35. The molecular formula is C14H20N2O4. The van der Waals surface area contributed by atoms with Crippen molar-refractivity contribution in [3.63, 3.8) is 0 Å². The first-order valence-electron chi connectivity index (χ1n) is 6.18. The van der Waals surface area contributed by atoms with Crippen LogP contribution in [0.15, 0.2) is 29.4 Å². The van der Waals surface area contributed by atoms with Gasteiger partial charge in [0.25, 0.3) is 0 Å². The molecule has 0 aromatic heterocycles. The number of nitrogens with zero attached hydrogens (tertiary/aromatic N) is 1. The molecule has 0 saturated heterocycles. The number of alkyl carbamates (subject to hydrolysis) is 1. The molecule has 1 aromatic rings. The number of carbonyl (C=O) groups is 1. The first kappa shape index (κ1) is 15.8. The average Bonchev–Trinajstić information content (AvgIpc) is 2.38. The van der Waals surface area contributed by atoms with Crippen LogP contribution in [-0.2, 0) is 4.74 Å². The van der Waals surface area contributed by atoms with E-state index in [4.69, 9.17) is 14.7 Å². The van der Waals surface area contributed by atoms with Crippen LogP contribution in [-0.4, -0.2) is 36.3 Å². The largest absolute Gasteiger partial charge is 0.496 e. The molecule has 0 spiro atoms. The number of carbonyl (C=O) groups excluding carboxylic acids is 1. The van der Waals surface area contributed by atoms with Crippen LogP contribution in [0.3, 0.4) is 0 Å². The zero-order valence-corrected chi connectivity index (χ0v) is 12.1. The number of para-hydroxylation sites is 1. The molecule has 1 aromatic carbocycles. The van der Waals surface area contributed by atoms with Gasteiger partial charge in [0.2, 0.25) is 0 Å². The van der Waals surface area contributed by atoms with E-state index in [0.29, 0.717) is 11.3 Å². The fourth-order valence-corrected chi connectivity index (χ4v) is 1.54. The Morgan fingerprint density at radius 3 is 2.55 bits per heavy atom. The fourth-order valence-electron chi connectivity index (χ4n) is 1.54. The third-order valence-electron chi connectivity index (χ3n) is 2.34. The van der Waals surface area contributed by atoms with Crippen molar-refractivity contribution in [3.05, 3.63) is 29.8 Å². The fraction of sp³-hybridized carbons (Fsp3) is 0.429. The summed E-state index contributed by atoms with van der Waals surface area (Å²) in [6.07, 6.45) is -0.575. The number of oxime groups is 1. The van der Waals surface area contributed by atoms with Crippen LogP contribution in [0, 0.1) is 0 Å². The normalized spacial score (nSPS) is 11.9. The van der Waals surface area contributed by atoms with Gasteiger partial charge in [-0.3, -0.25) is 0 Å². The molecule has 0 unspecified atom stereocenters. The lowest BCUT2D eigenvalue weighted by molar-refractivity contribution is 0.0536. The van der Waals surface area contributed by atoms with Gasteiger partial charge < -0.3 is 20.0 Å². The highest BCUT2D eigenvalue weighted by atomic mass is 16.6. The van der Waals surface area contributed by atoms with Crippen LogP contribution in [0.5, 0.6) is 5.75 Å². The standard InChI is InChI=1S/C14H20N2O4/c1-14(2,3)20-13(17)15-9-11(16-18)10-7-5-6-8-12(10)19-4/h5-8,18H,9H2,1-4H3,(H,15,17)/b16-11+. The van der Waals surface area contributed by atoms with E-state index >= 15 is 0 Å². The highest BCUT2D eigenvalue weighted by Gasteiger charge is 2.17. The zero-order chi connectivity index (χ0) is 15.2. The van der Waals surface area contributed by atoms with Crippen LogP contribution in [0.1, 0.15) is 26.3 Å². The molecule has 0 radical (unpaired) electrons. The summed E-state index contributed by atoms with van der Waals surface area (Å²) >= 11 is 0. The molecule has 0 fully saturated rings. The van der Waals surface area contributed by atoms with Crippen LogP contribution in [0.25, 0.3) is 0 Å². The van der Waals surface area contributed by atoms with Crippen LogP contribution in [0.4, 0.5) is 4.79 Å². The van der Waals surface area contributed by atoms with E-state index in [0.717, 1.165) is 0 Å². The summed E-state index contributed by atoms with van der Waals surface area (Å²) in [4.78, 5) is 11.6. The van der Waals surface area contributed by atoms with Gasteiger partial charge in [0.15, 0.2) is 0 Å². The van der Waals surface area contributed by atoms with Gasteiger partial charge in [0, 0.05) is 5.56 Å². The summed E-state index contributed by atoms with van der Waals surface area (Å²) in [6, 6.07) is 7.08. The van der Waals surface area contributed by atoms with Gasteiger partial charge in [-0.05, 0) is 32.9 Å². The molecule has 0 aliphatic rings. The van der Waals surface area contributed by atoms with E-state index in [1.54, 1.807) is 45.0 Å². The molecule has 6 heteroatoms. The first-order valence-corrected chi connectivity index (χ1v) is 6.18. The maximum atomic E-state index is 11.6. The SMILES string of the molecule is COc1ccccc1/C(CNC(=O)OC(C)(C)C)=N/O. The van der Waals surface area contributed by atoms with Crippen LogP contribution in [0.2, 0.25) is 0 Å². The van der Waals surface area contributed by atoms with E-state index in [9.17, 15) is 4.79 Å². The highest BCUT2D eigenvalue weighted by molar-refractivity contribution is 6.04. The van der Waals surface area contributed by atoms with Crippen molar-refractivity contribution in [2.24, 2.45) is 5.16 Å². The molecule has 0 aliphatic heterocycles. The molecule has 2 N–H and O–H groups in total. The molecule has 0 saturated carbocycles. The number of hydrogen-bond donors (Lipinski definition) is 2. The van der Waals surface area contributed by atoms with E-state index in [-0.39, 0.29) is 12.3 Å². The second-order valence-corrected chi connectivity index (χ2v) is 5.10. The topological polar surface area (TPSA) is 80.2 Å². The molecule has 0 heterocycles. The predicted molar refractivity (Wildman–Crippen MR) is 75.6 cm³/mol. The van der Waals surface area contributed by atoms with E-state index < -0.39 is 11.7 Å². The average molecular weight is 280 g/mol. The van der Waals surface area contributed by atoms with Crippen molar-refractivity contribution in [3.8, 4) is 5.75 Å². The summed E-state index contributed by atoms with van der Waals surface area (Å²) in [5, 5.41) is 14.8. The molecule has 1 rings (SSSR count). The third kappa shape index (κ3) is 4.79. The molecule has 110 valence electrons. The molecule has 6 nitrogen and oxygen atoms in total. The number of benzene rings is 1. The Hall–Kier alpha value is -2.24. The van der Waals surface area contributed by atoms with Crippen molar-refractivity contribution in [1.82, 2.24) is 5.32 Å². The Labute approximate surface area is 118 Å². The predicted octanol–water partition coefficient (Wildman–Crippen LogP) is 2.40. The van der Waals surface area contributed by atoms with E-state index in [1.165, 1.54) is 7.11 Å². The molecular weight excluding hydrogens is 260 g/mol. The minimum atomic E-state index is -0.578. The van der Waals surface area contributed by atoms with Crippen molar-refractivity contribution >= 4 is 11.8 Å². The Morgan fingerprint density at radius 1 is 1.35 bits per heavy atom. The van der Waals surface area contributed by atoms with Crippen LogP contribution >= 0.6 is 0 Å². The quantitative estimate of drug-likeness (QED) is 0.504. The van der Waals surface area contributed by atoms with Gasteiger partial charge in [-0.15, -0.1) is 0 Å². The van der Waals surface area contributed by atoms with Gasteiger partial charge >= 0.3 is 6.09 Å².